The van der Waals surface area contributed by atoms with Crippen molar-refractivity contribution in [2.75, 3.05) is 7.11 Å². The summed E-state index contributed by atoms with van der Waals surface area (Å²) in [4.78, 5) is 14.0. The van der Waals surface area contributed by atoms with Crippen molar-refractivity contribution in [1.29, 1.82) is 0 Å². The van der Waals surface area contributed by atoms with E-state index in [1.54, 1.807) is 14.0 Å². The Morgan fingerprint density at radius 2 is 2.00 bits per heavy atom. The number of ketones is 1. The number of carbonyl (C=O) groups is 1. The number of methoxy groups -OCH3 is 1. The van der Waals surface area contributed by atoms with E-state index in [1.807, 2.05) is 31.2 Å². The van der Waals surface area contributed by atoms with E-state index in [1.165, 1.54) is 5.56 Å². The predicted octanol–water partition coefficient (Wildman–Crippen LogP) is 2.96. The summed E-state index contributed by atoms with van der Waals surface area (Å²) in [6.07, 6.45) is 1.54. The first-order chi connectivity index (χ1) is 8.56. The summed E-state index contributed by atoms with van der Waals surface area (Å²) in [6.45, 7) is 3.54. The minimum absolute atomic E-state index is 0.0273. The SMILES string of the molecule is COc1ccc(C[C@@H](C[C@H](C)C(C)=O)NCl)cc1. The number of nitrogens with one attached hydrogen (secondary N) is 1. The molecule has 0 aromatic heterocycles. The van der Waals surface area contributed by atoms with Gasteiger partial charge >= 0.3 is 0 Å². The number of halogens is 1. The van der Waals surface area contributed by atoms with Crippen LogP contribution in [0.3, 0.4) is 0 Å². The molecule has 1 aromatic rings. The number of benzene rings is 1. The van der Waals surface area contributed by atoms with Crippen LogP contribution in [0.2, 0.25) is 0 Å². The van der Waals surface area contributed by atoms with E-state index in [4.69, 9.17) is 16.5 Å². The van der Waals surface area contributed by atoms with Gasteiger partial charge in [-0.1, -0.05) is 19.1 Å². The van der Waals surface area contributed by atoms with Crippen LogP contribution in [0.1, 0.15) is 25.8 Å². The van der Waals surface area contributed by atoms with Crippen LogP contribution >= 0.6 is 11.8 Å². The van der Waals surface area contributed by atoms with Gasteiger partial charge in [0.25, 0.3) is 0 Å². The van der Waals surface area contributed by atoms with E-state index in [9.17, 15) is 4.79 Å². The molecule has 0 radical (unpaired) electrons. The number of hydrogen-bond donors (Lipinski definition) is 1. The van der Waals surface area contributed by atoms with Gasteiger partial charge in [-0.15, -0.1) is 0 Å². The van der Waals surface area contributed by atoms with Crippen LogP contribution in [0.4, 0.5) is 0 Å². The molecule has 3 nitrogen and oxygen atoms in total. The fraction of sp³-hybridized carbons (Fsp3) is 0.500. The highest BCUT2D eigenvalue weighted by atomic mass is 35.5. The van der Waals surface area contributed by atoms with Crippen LogP contribution in [0.25, 0.3) is 0 Å². The molecule has 0 fully saturated rings. The third-order valence-electron chi connectivity index (χ3n) is 3.13. The largest absolute Gasteiger partial charge is 0.497 e. The molecule has 0 saturated heterocycles. The first-order valence-electron chi connectivity index (χ1n) is 6.06. The Hall–Kier alpha value is -1.06. The molecule has 0 spiro atoms. The van der Waals surface area contributed by atoms with Crippen LogP contribution in [-0.4, -0.2) is 18.9 Å². The quantitative estimate of drug-likeness (QED) is 0.774. The molecule has 0 aliphatic carbocycles. The fourth-order valence-electron chi connectivity index (χ4n) is 1.81. The van der Waals surface area contributed by atoms with Crippen LogP contribution in [0.15, 0.2) is 24.3 Å². The zero-order valence-electron chi connectivity index (χ0n) is 11.1. The lowest BCUT2D eigenvalue weighted by molar-refractivity contribution is -0.120. The number of ether oxygens (including phenoxy) is 1. The van der Waals surface area contributed by atoms with E-state index in [2.05, 4.69) is 4.84 Å². The van der Waals surface area contributed by atoms with Gasteiger partial charge in [0, 0.05) is 12.0 Å². The van der Waals surface area contributed by atoms with Crippen molar-refractivity contribution < 1.29 is 9.53 Å². The van der Waals surface area contributed by atoms with Crippen molar-refractivity contribution in [3.8, 4) is 5.75 Å². The Morgan fingerprint density at radius 1 is 1.39 bits per heavy atom. The van der Waals surface area contributed by atoms with Gasteiger partial charge in [-0.25, -0.2) is 4.84 Å². The van der Waals surface area contributed by atoms with Gasteiger partial charge in [-0.3, -0.25) is 4.79 Å². The van der Waals surface area contributed by atoms with Crippen molar-refractivity contribution in [2.24, 2.45) is 5.92 Å². The van der Waals surface area contributed by atoms with Gasteiger partial charge in [0.15, 0.2) is 0 Å². The van der Waals surface area contributed by atoms with Gasteiger partial charge in [-0.2, -0.15) is 0 Å². The van der Waals surface area contributed by atoms with Crippen molar-refractivity contribution in [3.63, 3.8) is 0 Å². The Bertz CT molecular complexity index is 378. The van der Waals surface area contributed by atoms with Gasteiger partial charge in [0.1, 0.15) is 11.5 Å². The van der Waals surface area contributed by atoms with E-state index in [-0.39, 0.29) is 17.7 Å². The number of Topliss-reactive ketones (excluding diaryl/α,β-unsaturated/α-hetero) is 1. The minimum atomic E-state index is 0.0273. The van der Waals surface area contributed by atoms with E-state index >= 15 is 0 Å². The molecule has 2 atom stereocenters. The molecule has 0 amide bonds. The van der Waals surface area contributed by atoms with Gasteiger partial charge in [0.2, 0.25) is 0 Å². The maximum Gasteiger partial charge on any atom is 0.132 e. The second-order valence-electron chi connectivity index (χ2n) is 4.61. The molecule has 0 saturated carbocycles. The zero-order chi connectivity index (χ0) is 13.5. The molecule has 0 unspecified atom stereocenters. The van der Waals surface area contributed by atoms with Crippen LogP contribution < -0.4 is 9.57 Å². The molecule has 0 heterocycles. The Labute approximate surface area is 114 Å². The molecular weight excluding hydrogens is 250 g/mol. The van der Waals surface area contributed by atoms with Gasteiger partial charge in [0.05, 0.1) is 7.11 Å². The molecule has 0 aliphatic rings. The number of carbonyl (C=O) groups excluding carboxylic acids is 1. The Kier molecular flexibility index (Phi) is 6.16. The lowest BCUT2D eigenvalue weighted by atomic mass is 9.94. The Morgan fingerprint density at radius 3 is 2.44 bits per heavy atom. The molecule has 1 rings (SSSR count). The second-order valence-corrected chi connectivity index (χ2v) is 4.82. The summed E-state index contributed by atoms with van der Waals surface area (Å²) in [5, 5.41) is 0. The van der Waals surface area contributed by atoms with E-state index in [0.29, 0.717) is 0 Å². The summed E-state index contributed by atoms with van der Waals surface area (Å²) in [5.74, 6) is 1.06. The summed E-state index contributed by atoms with van der Waals surface area (Å²) >= 11 is 5.74. The topological polar surface area (TPSA) is 38.3 Å². The average Bonchev–Trinajstić information content (AvgIpc) is 2.38. The molecule has 0 aliphatic heterocycles. The van der Waals surface area contributed by atoms with Gasteiger partial charge in [-0.05, 0) is 49.2 Å². The lowest BCUT2D eigenvalue weighted by Gasteiger charge is -2.18. The molecular formula is C14H20ClNO2. The average molecular weight is 270 g/mol. The van der Waals surface area contributed by atoms with Crippen molar-refractivity contribution in [2.45, 2.75) is 32.7 Å². The standard InChI is InChI=1S/C14H20ClNO2/c1-10(11(2)17)8-13(16-15)9-12-4-6-14(18-3)7-5-12/h4-7,10,13,16H,8-9H2,1-3H3/t10-,13+/m0/s1. The second kappa shape index (κ2) is 7.39. The summed E-state index contributed by atoms with van der Waals surface area (Å²) < 4.78 is 5.11. The summed E-state index contributed by atoms with van der Waals surface area (Å²) in [6, 6.07) is 7.97. The monoisotopic (exact) mass is 269 g/mol. The third kappa shape index (κ3) is 4.67. The first kappa shape index (κ1) is 15.0. The van der Waals surface area contributed by atoms with Gasteiger partial charge < -0.3 is 4.74 Å². The maximum atomic E-state index is 11.2. The third-order valence-corrected chi connectivity index (χ3v) is 3.44. The predicted molar refractivity (Wildman–Crippen MR) is 73.9 cm³/mol. The molecule has 0 bridgehead atoms. The molecule has 18 heavy (non-hydrogen) atoms. The fourth-order valence-corrected chi connectivity index (χ4v) is 1.97. The molecule has 4 heteroatoms. The smallest absolute Gasteiger partial charge is 0.132 e. The van der Waals surface area contributed by atoms with Crippen LogP contribution in [0.5, 0.6) is 5.75 Å². The van der Waals surface area contributed by atoms with Crippen LogP contribution in [0, 0.1) is 5.92 Å². The normalized spacial score (nSPS) is 14.0. The molecule has 100 valence electrons. The molecule has 1 N–H and O–H groups in total. The summed E-state index contributed by atoms with van der Waals surface area (Å²) in [7, 11) is 1.65. The highest BCUT2D eigenvalue weighted by Gasteiger charge is 2.16. The lowest BCUT2D eigenvalue weighted by Crippen LogP contribution is -2.27. The van der Waals surface area contributed by atoms with E-state index in [0.717, 1.165) is 18.6 Å². The highest BCUT2D eigenvalue weighted by Crippen LogP contribution is 2.16. The van der Waals surface area contributed by atoms with Crippen molar-refractivity contribution in [3.05, 3.63) is 29.8 Å². The highest BCUT2D eigenvalue weighted by molar-refractivity contribution is 6.13. The van der Waals surface area contributed by atoms with Crippen LogP contribution in [-0.2, 0) is 11.2 Å². The number of hydrogen-bond acceptors (Lipinski definition) is 3. The first-order valence-corrected chi connectivity index (χ1v) is 6.44. The van der Waals surface area contributed by atoms with Crippen molar-refractivity contribution in [1.82, 2.24) is 4.84 Å². The van der Waals surface area contributed by atoms with E-state index < -0.39 is 0 Å². The summed E-state index contributed by atoms with van der Waals surface area (Å²) in [5.41, 5.74) is 1.17. The van der Waals surface area contributed by atoms with Crippen molar-refractivity contribution >= 4 is 17.6 Å². The molecule has 1 aromatic carbocycles. The zero-order valence-corrected chi connectivity index (χ0v) is 11.8. The Balaban J connectivity index is 2.58. The minimum Gasteiger partial charge on any atom is -0.497 e. The maximum absolute atomic E-state index is 11.2. The number of rotatable bonds is 7.